The molecule has 0 bridgehead atoms. The van der Waals surface area contributed by atoms with E-state index in [-0.39, 0.29) is 18.3 Å². The Bertz CT molecular complexity index is 1170. The molecule has 0 amide bonds. The number of piperazine rings is 1. The number of unbranched alkanes of at least 4 members (excludes halogenated alkanes) is 2. The average Bonchev–Trinajstić information content (AvgIpc) is 3.30. The molecule has 37 heavy (non-hydrogen) atoms. The molecule has 4 N–H and O–H groups in total. The van der Waals surface area contributed by atoms with E-state index in [0.29, 0.717) is 13.2 Å². The fourth-order valence-electron chi connectivity index (χ4n) is 4.62. The second kappa shape index (κ2) is 13.3. The lowest BCUT2D eigenvalue weighted by Crippen LogP contribution is -2.44. The number of anilines is 2. The Morgan fingerprint density at radius 2 is 2.03 bits per heavy atom. The van der Waals surface area contributed by atoms with Crippen LogP contribution in [-0.4, -0.2) is 78.4 Å². The van der Waals surface area contributed by atoms with Gasteiger partial charge in [0.05, 0.1) is 25.6 Å². The number of nitrogen functional groups attached to an aromatic ring is 1. The first-order valence-corrected chi connectivity index (χ1v) is 13.2. The molecule has 1 saturated heterocycles. The summed E-state index contributed by atoms with van der Waals surface area (Å²) in [7, 11) is 1.65. The lowest BCUT2D eigenvalue weighted by molar-refractivity contribution is -0.143. The van der Waals surface area contributed by atoms with Gasteiger partial charge >= 0.3 is 5.97 Å². The fraction of sp³-hybridized carbons (Fsp3) is 0.519. The SMILES string of the molecule is CCCCCNc1nc(N)nc2ccn(Cc3ccc(CC(=O)OCCN4CCNCC4)cc3OC)c12. The molecular formula is C27H39N7O3. The molecule has 0 spiro atoms. The van der Waals surface area contributed by atoms with E-state index in [2.05, 4.69) is 37.0 Å². The second-order valence-corrected chi connectivity index (χ2v) is 9.38. The number of esters is 1. The fourth-order valence-corrected chi connectivity index (χ4v) is 4.62. The summed E-state index contributed by atoms with van der Waals surface area (Å²) in [5, 5.41) is 6.76. The van der Waals surface area contributed by atoms with Crippen LogP contribution in [-0.2, 0) is 22.5 Å². The maximum Gasteiger partial charge on any atom is 0.310 e. The molecule has 200 valence electrons. The minimum Gasteiger partial charge on any atom is -0.496 e. The summed E-state index contributed by atoms with van der Waals surface area (Å²) in [6.45, 7) is 8.70. The first-order chi connectivity index (χ1) is 18.1. The van der Waals surface area contributed by atoms with E-state index in [1.807, 2.05) is 30.5 Å². The van der Waals surface area contributed by atoms with Crippen LogP contribution in [0.4, 0.5) is 11.8 Å². The quantitative estimate of drug-likeness (QED) is 0.236. The highest BCUT2D eigenvalue weighted by atomic mass is 16.5. The number of carbonyl (C=O) groups excluding carboxylic acids is 1. The molecular weight excluding hydrogens is 470 g/mol. The maximum absolute atomic E-state index is 12.4. The highest BCUT2D eigenvalue weighted by molar-refractivity contribution is 5.87. The van der Waals surface area contributed by atoms with Crippen LogP contribution >= 0.6 is 0 Å². The van der Waals surface area contributed by atoms with Crippen molar-refractivity contribution in [2.24, 2.45) is 0 Å². The third kappa shape index (κ3) is 7.33. The summed E-state index contributed by atoms with van der Waals surface area (Å²) in [6, 6.07) is 7.82. The van der Waals surface area contributed by atoms with Crippen LogP contribution in [0.25, 0.3) is 11.0 Å². The van der Waals surface area contributed by atoms with Crippen molar-refractivity contribution < 1.29 is 14.3 Å². The topological polar surface area (TPSA) is 120 Å². The third-order valence-electron chi connectivity index (χ3n) is 6.62. The van der Waals surface area contributed by atoms with Crippen molar-refractivity contribution in [3.05, 3.63) is 41.6 Å². The molecule has 0 saturated carbocycles. The molecule has 1 fully saturated rings. The van der Waals surface area contributed by atoms with Gasteiger partial charge in [0.25, 0.3) is 0 Å². The second-order valence-electron chi connectivity index (χ2n) is 9.38. The lowest BCUT2D eigenvalue weighted by atomic mass is 10.1. The van der Waals surface area contributed by atoms with Gasteiger partial charge in [0, 0.05) is 51.0 Å². The summed E-state index contributed by atoms with van der Waals surface area (Å²) < 4.78 is 13.3. The van der Waals surface area contributed by atoms with Gasteiger partial charge in [0.1, 0.15) is 17.9 Å². The number of nitrogens with one attached hydrogen (secondary N) is 2. The Hall–Kier alpha value is -3.37. The number of hydrogen-bond donors (Lipinski definition) is 3. The van der Waals surface area contributed by atoms with Crippen LogP contribution in [0.1, 0.15) is 37.3 Å². The zero-order chi connectivity index (χ0) is 26.0. The number of fused-ring (bicyclic) bond motifs is 1. The lowest BCUT2D eigenvalue weighted by Gasteiger charge is -2.26. The van der Waals surface area contributed by atoms with E-state index < -0.39 is 0 Å². The smallest absolute Gasteiger partial charge is 0.310 e. The minimum absolute atomic E-state index is 0.212. The van der Waals surface area contributed by atoms with Crippen molar-refractivity contribution >= 4 is 28.8 Å². The Morgan fingerprint density at radius 3 is 2.81 bits per heavy atom. The molecule has 0 atom stereocenters. The van der Waals surface area contributed by atoms with Crippen LogP contribution in [0.15, 0.2) is 30.5 Å². The summed E-state index contributed by atoms with van der Waals surface area (Å²) >= 11 is 0. The van der Waals surface area contributed by atoms with Crippen molar-refractivity contribution in [1.82, 2.24) is 24.8 Å². The van der Waals surface area contributed by atoms with Crippen molar-refractivity contribution in [2.45, 2.75) is 39.2 Å². The zero-order valence-electron chi connectivity index (χ0n) is 22.0. The molecule has 2 aromatic heterocycles. The van der Waals surface area contributed by atoms with Crippen molar-refractivity contribution in [1.29, 1.82) is 0 Å². The molecule has 0 radical (unpaired) electrons. The summed E-state index contributed by atoms with van der Waals surface area (Å²) in [5.74, 6) is 1.49. The van der Waals surface area contributed by atoms with Gasteiger partial charge in [-0.25, -0.2) is 4.98 Å². The number of nitrogens with two attached hydrogens (primary N) is 1. The Labute approximate surface area is 218 Å². The molecule has 10 nitrogen and oxygen atoms in total. The Morgan fingerprint density at radius 1 is 1.19 bits per heavy atom. The molecule has 1 aromatic carbocycles. The van der Waals surface area contributed by atoms with Gasteiger partial charge in [-0.15, -0.1) is 0 Å². The average molecular weight is 510 g/mol. The van der Waals surface area contributed by atoms with E-state index in [4.69, 9.17) is 15.2 Å². The molecule has 1 aliphatic rings. The largest absolute Gasteiger partial charge is 0.496 e. The minimum atomic E-state index is -0.227. The van der Waals surface area contributed by atoms with Gasteiger partial charge in [-0.3, -0.25) is 9.69 Å². The normalized spacial score (nSPS) is 14.1. The van der Waals surface area contributed by atoms with Gasteiger partial charge in [0.15, 0.2) is 5.82 Å². The predicted octanol–water partition coefficient (Wildman–Crippen LogP) is 2.66. The van der Waals surface area contributed by atoms with Crippen LogP contribution in [0.2, 0.25) is 0 Å². The van der Waals surface area contributed by atoms with Crippen molar-refractivity contribution in [3.63, 3.8) is 0 Å². The van der Waals surface area contributed by atoms with Crippen molar-refractivity contribution in [3.8, 4) is 5.75 Å². The van der Waals surface area contributed by atoms with Gasteiger partial charge < -0.3 is 30.4 Å². The number of rotatable bonds is 13. The van der Waals surface area contributed by atoms with E-state index in [1.54, 1.807) is 7.11 Å². The molecule has 0 unspecified atom stereocenters. The molecule has 1 aliphatic heterocycles. The van der Waals surface area contributed by atoms with Gasteiger partial charge in [-0.05, 0) is 24.1 Å². The number of benzene rings is 1. The Kier molecular flexibility index (Phi) is 9.56. The highest BCUT2D eigenvalue weighted by Gasteiger charge is 2.15. The van der Waals surface area contributed by atoms with E-state index >= 15 is 0 Å². The van der Waals surface area contributed by atoms with Crippen LogP contribution in [0.3, 0.4) is 0 Å². The standard InChI is InChI=1S/C27H39N7O3/c1-3-4-5-9-30-26-25-22(31-27(28)32-26)8-12-34(25)19-21-7-6-20(17-23(21)36-2)18-24(35)37-16-15-33-13-10-29-11-14-33/h6-8,12,17,29H,3-5,9-11,13-16,18-19H2,1-2H3,(H3,28,30,31,32). The zero-order valence-corrected chi connectivity index (χ0v) is 22.0. The first-order valence-electron chi connectivity index (χ1n) is 13.2. The Balaban J connectivity index is 1.41. The molecule has 10 heteroatoms. The van der Waals surface area contributed by atoms with Crippen molar-refractivity contribution in [2.75, 3.05) is 64.0 Å². The van der Waals surface area contributed by atoms with Gasteiger partial charge in [-0.2, -0.15) is 4.98 Å². The highest BCUT2D eigenvalue weighted by Crippen LogP contribution is 2.27. The maximum atomic E-state index is 12.4. The molecule has 4 rings (SSSR count). The van der Waals surface area contributed by atoms with Crippen LogP contribution in [0.5, 0.6) is 5.75 Å². The van der Waals surface area contributed by atoms with E-state index in [9.17, 15) is 4.79 Å². The molecule has 3 heterocycles. The summed E-state index contributed by atoms with van der Waals surface area (Å²) in [5.41, 5.74) is 9.51. The van der Waals surface area contributed by atoms with E-state index in [0.717, 1.165) is 92.3 Å². The predicted molar refractivity (Wildman–Crippen MR) is 146 cm³/mol. The number of ether oxygens (including phenoxy) is 2. The number of hydrogen-bond acceptors (Lipinski definition) is 9. The third-order valence-corrected chi connectivity index (χ3v) is 6.62. The number of carbonyl (C=O) groups is 1. The monoisotopic (exact) mass is 509 g/mol. The summed E-state index contributed by atoms with van der Waals surface area (Å²) in [6.07, 6.45) is 5.58. The molecule has 3 aromatic rings. The first kappa shape index (κ1) is 26.7. The van der Waals surface area contributed by atoms with E-state index in [1.165, 1.54) is 0 Å². The van der Waals surface area contributed by atoms with Crippen LogP contribution in [0, 0.1) is 0 Å². The van der Waals surface area contributed by atoms with Crippen LogP contribution < -0.4 is 21.1 Å². The number of aromatic nitrogens is 3. The number of nitrogens with zero attached hydrogens (tertiary/aromatic N) is 4. The summed E-state index contributed by atoms with van der Waals surface area (Å²) in [4.78, 5) is 23.6. The molecule has 0 aliphatic carbocycles. The van der Waals surface area contributed by atoms with Gasteiger partial charge in [-0.1, -0.05) is 31.9 Å². The number of methoxy groups -OCH3 is 1. The van der Waals surface area contributed by atoms with Gasteiger partial charge in [0.2, 0.25) is 5.95 Å².